The van der Waals surface area contributed by atoms with Crippen LogP contribution in [0.4, 0.5) is 17.3 Å². The molecular formula is C21H21N7. The number of rotatable bonds is 7. The van der Waals surface area contributed by atoms with E-state index in [1.165, 1.54) is 5.56 Å². The second kappa shape index (κ2) is 8.30. The molecule has 0 aliphatic heterocycles. The molecule has 140 valence electrons. The van der Waals surface area contributed by atoms with Crippen LogP contribution in [0.2, 0.25) is 0 Å². The molecule has 4 rings (SSSR count). The second-order valence-electron chi connectivity index (χ2n) is 6.44. The van der Waals surface area contributed by atoms with Gasteiger partial charge in [0.1, 0.15) is 0 Å². The largest absolute Gasteiger partial charge is 0.383 e. The molecular weight excluding hydrogens is 350 g/mol. The van der Waals surface area contributed by atoms with Gasteiger partial charge in [-0.3, -0.25) is 9.67 Å². The number of hydrogen-bond donors (Lipinski definition) is 2. The molecule has 0 bridgehead atoms. The summed E-state index contributed by atoms with van der Waals surface area (Å²) in [6, 6.07) is 12.4. The third-order valence-electron chi connectivity index (χ3n) is 4.30. The molecule has 0 unspecified atom stereocenters. The number of nitrogens with one attached hydrogen (secondary N) is 2. The average Bonchev–Trinajstić information content (AvgIpc) is 3.15. The molecule has 4 aromatic rings. The zero-order valence-electron chi connectivity index (χ0n) is 15.6. The van der Waals surface area contributed by atoms with E-state index in [-0.39, 0.29) is 0 Å². The van der Waals surface area contributed by atoms with Crippen molar-refractivity contribution in [3.8, 4) is 11.1 Å². The standard InChI is InChI=1S/C21H21N7/c1-28-15-20(14-26-28)27-21-24-11-18(12-25-21)17-6-4-16(5-7-17)8-10-23-19-3-2-9-22-13-19/h2-7,9,11-15,23H,8,10H2,1H3,(H,24,25,27). The van der Waals surface area contributed by atoms with Crippen LogP contribution in [0.15, 0.2) is 73.6 Å². The Kier molecular flexibility index (Phi) is 5.24. The lowest BCUT2D eigenvalue weighted by Crippen LogP contribution is -2.04. The Bertz CT molecular complexity index is 1010. The molecule has 0 amide bonds. The predicted octanol–water partition coefficient (Wildman–Crippen LogP) is 3.67. The lowest BCUT2D eigenvalue weighted by molar-refractivity contribution is 0.768. The molecule has 1 aromatic carbocycles. The Labute approximate surface area is 163 Å². The molecule has 0 aliphatic rings. The molecule has 3 heterocycles. The van der Waals surface area contributed by atoms with Gasteiger partial charge in [-0.1, -0.05) is 24.3 Å². The van der Waals surface area contributed by atoms with Gasteiger partial charge in [0.15, 0.2) is 0 Å². The maximum atomic E-state index is 4.39. The van der Waals surface area contributed by atoms with Crippen molar-refractivity contribution in [2.75, 3.05) is 17.2 Å². The molecule has 0 fully saturated rings. The van der Waals surface area contributed by atoms with E-state index < -0.39 is 0 Å². The predicted molar refractivity (Wildman–Crippen MR) is 110 cm³/mol. The number of nitrogens with zero attached hydrogens (tertiary/aromatic N) is 5. The van der Waals surface area contributed by atoms with Crippen molar-refractivity contribution in [3.63, 3.8) is 0 Å². The third-order valence-corrected chi connectivity index (χ3v) is 4.30. The van der Waals surface area contributed by atoms with Gasteiger partial charge in [-0.15, -0.1) is 0 Å². The van der Waals surface area contributed by atoms with E-state index in [1.54, 1.807) is 17.1 Å². The summed E-state index contributed by atoms with van der Waals surface area (Å²) in [4.78, 5) is 12.9. The van der Waals surface area contributed by atoms with Gasteiger partial charge in [0.05, 0.1) is 17.6 Å². The van der Waals surface area contributed by atoms with Crippen LogP contribution >= 0.6 is 0 Å². The highest BCUT2D eigenvalue weighted by Crippen LogP contribution is 2.20. The van der Waals surface area contributed by atoms with Crippen molar-refractivity contribution in [1.82, 2.24) is 24.7 Å². The third kappa shape index (κ3) is 4.50. The van der Waals surface area contributed by atoms with E-state index in [4.69, 9.17) is 0 Å². The number of anilines is 3. The fraction of sp³-hybridized carbons (Fsp3) is 0.143. The Morgan fingerprint density at radius 3 is 2.39 bits per heavy atom. The van der Waals surface area contributed by atoms with Crippen molar-refractivity contribution < 1.29 is 0 Å². The summed E-state index contributed by atoms with van der Waals surface area (Å²) in [6.45, 7) is 0.864. The molecule has 7 nitrogen and oxygen atoms in total. The minimum Gasteiger partial charge on any atom is -0.383 e. The van der Waals surface area contributed by atoms with E-state index in [0.717, 1.165) is 35.5 Å². The van der Waals surface area contributed by atoms with Crippen LogP contribution in [0.25, 0.3) is 11.1 Å². The molecule has 2 N–H and O–H groups in total. The molecule has 0 spiro atoms. The van der Waals surface area contributed by atoms with Gasteiger partial charge in [-0.05, 0) is 29.7 Å². The van der Waals surface area contributed by atoms with Crippen LogP contribution in [0.5, 0.6) is 0 Å². The topological polar surface area (TPSA) is 80.5 Å². The fourth-order valence-corrected chi connectivity index (χ4v) is 2.84. The van der Waals surface area contributed by atoms with Crippen molar-refractivity contribution in [1.29, 1.82) is 0 Å². The number of benzene rings is 1. The SMILES string of the molecule is Cn1cc(Nc2ncc(-c3ccc(CCNc4cccnc4)cc3)cn2)cn1. The summed E-state index contributed by atoms with van der Waals surface area (Å²) >= 11 is 0. The van der Waals surface area contributed by atoms with E-state index in [0.29, 0.717) is 5.95 Å². The van der Waals surface area contributed by atoms with E-state index in [1.807, 2.05) is 44.0 Å². The molecule has 28 heavy (non-hydrogen) atoms. The van der Waals surface area contributed by atoms with E-state index in [2.05, 4.69) is 54.9 Å². The van der Waals surface area contributed by atoms with E-state index in [9.17, 15) is 0 Å². The number of hydrogen-bond acceptors (Lipinski definition) is 6. The maximum Gasteiger partial charge on any atom is 0.227 e. The summed E-state index contributed by atoms with van der Waals surface area (Å²) in [5.74, 6) is 0.551. The Hall–Kier alpha value is -3.74. The average molecular weight is 371 g/mol. The van der Waals surface area contributed by atoms with Crippen LogP contribution < -0.4 is 10.6 Å². The minimum atomic E-state index is 0.551. The zero-order valence-corrected chi connectivity index (χ0v) is 15.6. The van der Waals surface area contributed by atoms with Crippen LogP contribution in [0, 0.1) is 0 Å². The molecule has 0 atom stereocenters. The molecule has 0 saturated carbocycles. The first-order chi connectivity index (χ1) is 13.8. The normalized spacial score (nSPS) is 10.6. The Morgan fingerprint density at radius 2 is 1.71 bits per heavy atom. The van der Waals surface area contributed by atoms with Gasteiger partial charge in [-0.2, -0.15) is 5.10 Å². The lowest BCUT2D eigenvalue weighted by atomic mass is 10.1. The molecule has 0 aliphatic carbocycles. The van der Waals surface area contributed by atoms with E-state index >= 15 is 0 Å². The maximum absolute atomic E-state index is 4.39. The first kappa shape index (κ1) is 17.7. The molecule has 0 saturated heterocycles. The van der Waals surface area contributed by atoms with Gasteiger partial charge >= 0.3 is 0 Å². The van der Waals surface area contributed by atoms with Crippen molar-refractivity contribution in [3.05, 3.63) is 79.1 Å². The van der Waals surface area contributed by atoms with Crippen molar-refractivity contribution in [2.24, 2.45) is 7.05 Å². The smallest absolute Gasteiger partial charge is 0.227 e. The highest BCUT2D eigenvalue weighted by atomic mass is 15.3. The Balaban J connectivity index is 1.34. The fourth-order valence-electron chi connectivity index (χ4n) is 2.84. The summed E-state index contributed by atoms with van der Waals surface area (Å²) in [6.07, 6.45) is 11.8. The molecule has 0 radical (unpaired) electrons. The summed E-state index contributed by atoms with van der Waals surface area (Å²) in [5, 5.41) is 10.6. The lowest BCUT2D eigenvalue weighted by Gasteiger charge is -2.07. The summed E-state index contributed by atoms with van der Waals surface area (Å²) < 4.78 is 1.73. The highest BCUT2D eigenvalue weighted by molar-refractivity contribution is 5.63. The molecule has 3 aromatic heterocycles. The van der Waals surface area contributed by atoms with Gasteiger partial charge in [-0.25, -0.2) is 9.97 Å². The first-order valence-corrected chi connectivity index (χ1v) is 9.07. The van der Waals surface area contributed by atoms with Gasteiger partial charge in [0.25, 0.3) is 0 Å². The molecule has 7 heteroatoms. The van der Waals surface area contributed by atoms with Gasteiger partial charge < -0.3 is 10.6 Å². The van der Waals surface area contributed by atoms with Gasteiger partial charge in [0.2, 0.25) is 5.95 Å². The highest BCUT2D eigenvalue weighted by Gasteiger charge is 2.03. The van der Waals surface area contributed by atoms with Crippen LogP contribution in [-0.2, 0) is 13.5 Å². The summed E-state index contributed by atoms with van der Waals surface area (Å²) in [7, 11) is 1.87. The van der Waals surface area contributed by atoms with Crippen molar-refractivity contribution >= 4 is 17.3 Å². The number of pyridine rings is 1. The van der Waals surface area contributed by atoms with Crippen LogP contribution in [-0.4, -0.2) is 31.3 Å². The van der Waals surface area contributed by atoms with Gasteiger partial charge in [0, 0.05) is 50.1 Å². The van der Waals surface area contributed by atoms with Crippen LogP contribution in [0.1, 0.15) is 5.56 Å². The van der Waals surface area contributed by atoms with Crippen molar-refractivity contribution in [2.45, 2.75) is 6.42 Å². The number of aromatic nitrogens is 5. The van der Waals surface area contributed by atoms with Crippen LogP contribution in [0.3, 0.4) is 0 Å². The second-order valence-corrected chi connectivity index (χ2v) is 6.44. The Morgan fingerprint density at radius 1 is 0.893 bits per heavy atom. The monoisotopic (exact) mass is 371 g/mol. The summed E-state index contributed by atoms with van der Waals surface area (Å²) in [5.41, 5.74) is 5.25. The zero-order chi connectivity index (χ0) is 19.2. The quantitative estimate of drug-likeness (QED) is 0.516. The first-order valence-electron chi connectivity index (χ1n) is 9.07. The minimum absolute atomic E-state index is 0.551. The number of aryl methyl sites for hydroxylation is 1.